The second kappa shape index (κ2) is 4.04. The van der Waals surface area contributed by atoms with Gasteiger partial charge in [0.2, 0.25) is 0 Å². The third-order valence-electron chi connectivity index (χ3n) is 0.798. The lowest BCUT2D eigenvalue weighted by Gasteiger charge is -2.29. The first kappa shape index (κ1) is 12.4. The van der Waals surface area contributed by atoms with E-state index in [0.717, 1.165) is 0 Å². The molecule has 0 aliphatic rings. The lowest BCUT2D eigenvalue weighted by molar-refractivity contribution is 0.0448. The monoisotopic (exact) mass is 202 g/mol. The van der Waals surface area contributed by atoms with Gasteiger partial charge < -0.3 is 8.85 Å². The number of hydrogen-bond donors (Lipinski definition) is 0. The average Bonchev–Trinajstić information content (AvgIpc) is 1.49. The molecule has 0 saturated heterocycles. The molecule has 0 rings (SSSR count). The summed E-state index contributed by atoms with van der Waals surface area (Å²) in [6.07, 6.45) is 0. The summed E-state index contributed by atoms with van der Waals surface area (Å²) < 4.78 is 11.2. The minimum absolute atomic E-state index is 0.138. The predicted molar refractivity (Wildman–Crippen MR) is 53.2 cm³/mol. The molecule has 0 amide bonds. The molecule has 0 unspecified atom stereocenters. The Balaban J connectivity index is 3.83. The molecule has 0 aromatic carbocycles. The zero-order valence-corrected chi connectivity index (χ0v) is 10.8. The summed E-state index contributed by atoms with van der Waals surface area (Å²) in [7, 11) is 2.16. The number of rotatable bonds is 2. The second-order valence-corrected chi connectivity index (χ2v) is 6.92. The van der Waals surface area contributed by atoms with Gasteiger partial charge in [-0.05, 0) is 41.5 Å². The van der Waals surface area contributed by atoms with E-state index in [1.165, 1.54) is 0 Å². The van der Waals surface area contributed by atoms with Gasteiger partial charge >= 0.3 is 8.80 Å². The Morgan fingerprint density at radius 1 is 0.833 bits per heavy atom. The summed E-state index contributed by atoms with van der Waals surface area (Å²) in [6, 6.07) is 0. The fraction of sp³-hybridized carbons (Fsp3) is 1.00. The Labute approximate surface area is 80.7 Å². The van der Waals surface area contributed by atoms with Crippen molar-refractivity contribution in [3.8, 4) is 0 Å². The van der Waals surface area contributed by atoms with E-state index >= 15 is 0 Å². The van der Waals surface area contributed by atoms with E-state index in [2.05, 4.69) is 9.76 Å². The molecule has 0 spiro atoms. The van der Waals surface area contributed by atoms with Gasteiger partial charge in [0, 0.05) is 11.2 Å². The molecule has 70 valence electrons. The van der Waals surface area contributed by atoms with Gasteiger partial charge in [0.25, 0.3) is 0 Å². The Bertz CT molecular complexity index is 119. The molecule has 0 aliphatic carbocycles. The standard InChI is InChI=1S/C8H18O2Si2/c1-7(2,3)9-12(11)10-8(4,5)6/h1-6H3. The predicted octanol–water partition coefficient (Wildman–Crippen LogP) is 1.77. The van der Waals surface area contributed by atoms with E-state index in [1.807, 2.05) is 41.5 Å². The van der Waals surface area contributed by atoms with E-state index in [9.17, 15) is 0 Å². The molecular formula is C8H18O2Si2. The largest absolute Gasteiger partial charge is 0.391 e. The van der Waals surface area contributed by atoms with E-state index < -0.39 is 8.80 Å². The maximum Gasteiger partial charge on any atom is 0.349 e. The van der Waals surface area contributed by atoms with Crippen molar-refractivity contribution in [1.29, 1.82) is 0 Å². The summed E-state index contributed by atoms with van der Waals surface area (Å²) in [4.78, 5) is 0. The molecule has 0 atom stereocenters. The molecule has 0 aromatic heterocycles. The fourth-order valence-corrected chi connectivity index (χ4v) is 3.57. The topological polar surface area (TPSA) is 18.5 Å². The van der Waals surface area contributed by atoms with Crippen LogP contribution in [0.5, 0.6) is 0 Å². The Hall–Kier alpha value is 0.354. The van der Waals surface area contributed by atoms with Crippen molar-refractivity contribution in [3.05, 3.63) is 0 Å². The van der Waals surface area contributed by atoms with Crippen LogP contribution in [0.15, 0.2) is 0 Å². The van der Waals surface area contributed by atoms with Crippen LogP contribution in [-0.2, 0) is 8.85 Å². The molecule has 0 heterocycles. The third kappa shape index (κ3) is 8.45. The fourth-order valence-electron chi connectivity index (χ4n) is 0.577. The highest BCUT2D eigenvalue weighted by Gasteiger charge is 2.23. The van der Waals surface area contributed by atoms with Gasteiger partial charge in [-0.3, -0.25) is 0 Å². The van der Waals surface area contributed by atoms with Crippen LogP contribution in [0.1, 0.15) is 41.5 Å². The van der Waals surface area contributed by atoms with Crippen LogP contribution in [-0.4, -0.2) is 29.8 Å². The molecular weight excluding hydrogens is 184 g/mol. The molecule has 4 heteroatoms. The number of hydrogen-bond acceptors (Lipinski definition) is 2. The Morgan fingerprint density at radius 3 is 1.25 bits per heavy atom. The summed E-state index contributed by atoms with van der Waals surface area (Å²) >= 11 is 0. The molecule has 0 fully saturated rings. The van der Waals surface area contributed by atoms with Gasteiger partial charge in [-0.2, -0.15) is 0 Å². The first-order valence-corrected chi connectivity index (χ1v) is 6.88. The average molecular weight is 202 g/mol. The first-order valence-electron chi connectivity index (χ1n) is 4.07. The zero-order chi connectivity index (χ0) is 9.99. The smallest absolute Gasteiger partial charge is 0.349 e. The molecule has 12 heavy (non-hydrogen) atoms. The van der Waals surface area contributed by atoms with E-state index in [0.29, 0.717) is 0 Å². The molecule has 0 aliphatic heterocycles. The van der Waals surface area contributed by atoms with Crippen molar-refractivity contribution in [2.45, 2.75) is 52.7 Å². The van der Waals surface area contributed by atoms with Crippen LogP contribution < -0.4 is 0 Å². The van der Waals surface area contributed by atoms with Gasteiger partial charge in [0.15, 0.2) is 0 Å². The molecule has 0 saturated carbocycles. The Morgan fingerprint density at radius 2 is 1.08 bits per heavy atom. The second-order valence-electron chi connectivity index (χ2n) is 4.72. The molecule has 0 bridgehead atoms. The van der Waals surface area contributed by atoms with Crippen LogP contribution in [0.3, 0.4) is 0 Å². The normalized spacial score (nSPS) is 14.0. The van der Waals surface area contributed by atoms with Gasteiger partial charge in [0.1, 0.15) is 0 Å². The van der Waals surface area contributed by atoms with E-state index in [1.54, 1.807) is 0 Å². The highest BCUT2D eigenvalue weighted by molar-refractivity contribution is 6.95. The third-order valence-corrected chi connectivity index (χ3v) is 3.01. The minimum Gasteiger partial charge on any atom is -0.391 e. The summed E-state index contributed by atoms with van der Waals surface area (Å²) in [5.41, 5.74) is -0.275. The highest BCUT2D eigenvalue weighted by Crippen LogP contribution is 2.13. The van der Waals surface area contributed by atoms with Gasteiger partial charge in [-0.15, -0.1) is 0 Å². The Kier molecular flexibility index (Phi) is 4.16. The maximum atomic E-state index is 5.61. The van der Waals surface area contributed by atoms with Gasteiger partial charge in [0.05, 0.1) is 9.76 Å². The van der Waals surface area contributed by atoms with Crippen LogP contribution >= 0.6 is 0 Å². The summed E-state index contributed by atoms with van der Waals surface area (Å²) in [5.74, 6) is 0. The summed E-state index contributed by atoms with van der Waals surface area (Å²) in [5, 5.41) is 0. The van der Waals surface area contributed by atoms with Crippen LogP contribution in [0.25, 0.3) is 0 Å². The first-order chi connectivity index (χ1) is 5.10. The maximum absolute atomic E-state index is 5.61. The molecule has 2 nitrogen and oxygen atoms in total. The quantitative estimate of drug-likeness (QED) is 0.635. The SMILES string of the molecule is CC(C)(C)O[Si]([Si])OC(C)(C)C. The molecule has 0 N–H and O–H groups in total. The van der Waals surface area contributed by atoms with Gasteiger partial charge in [-0.25, -0.2) is 0 Å². The lowest BCUT2D eigenvalue weighted by atomic mass is 10.2. The van der Waals surface area contributed by atoms with Crippen LogP contribution in [0.2, 0.25) is 0 Å². The highest BCUT2D eigenvalue weighted by atomic mass is 29.2. The van der Waals surface area contributed by atoms with Crippen LogP contribution in [0.4, 0.5) is 0 Å². The van der Waals surface area contributed by atoms with Crippen molar-refractivity contribution in [2.75, 3.05) is 0 Å². The zero-order valence-electron chi connectivity index (χ0n) is 8.82. The van der Waals surface area contributed by atoms with E-state index in [4.69, 9.17) is 8.85 Å². The molecule has 0 aromatic rings. The van der Waals surface area contributed by atoms with Crippen molar-refractivity contribution in [1.82, 2.24) is 0 Å². The van der Waals surface area contributed by atoms with Crippen molar-refractivity contribution < 1.29 is 8.85 Å². The summed E-state index contributed by atoms with van der Waals surface area (Å²) in [6.45, 7) is 12.1. The minimum atomic E-state index is -1.30. The lowest BCUT2D eigenvalue weighted by Crippen LogP contribution is -2.39. The van der Waals surface area contributed by atoms with Crippen molar-refractivity contribution in [2.24, 2.45) is 0 Å². The van der Waals surface area contributed by atoms with Crippen molar-refractivity contribution in [3.63, 3.8) is 0 Å². The van der Waals surface area contributed by atoms with Crippen molar-refractivity contribution >= 4 is 18.6 Å². The molecule has 4 radical (unpaired) electrons. The van der Waals surface area contributed by atoms with Gasteiger partial charge in [-0.1, -0.05) is 0 Å². The van der Waals surface area contributed by atoms with E-state index in [-0.39, 0.29) is 11.2 Å². The van der Waals surface area contributed by atoms with Crippen LogP contribution in [0, 0.1) is 0 Å².